The van der Waals surface area contributed by atoms with Gasteiger partial charge in [-0.25, -0.2) is 0 Å². The average molecular weight is 395 g/mol. The first-order chi connectivity index (χ1) is 13.5. The summed E-state index contributed by atoms with van der Waals surface area (Å²) in [6.45, 7) is 9.71. The van der Waals surface area contributed by atoms with Crippen LogP contribution in [-0.4, -0.2) is 21.2 Å². The second kappa shape index (κ2) is 10.5. The molecular weight excluding hydrogens is 360 g/mol. The van der Waals surface area contributed by atoms with Crippen LogP contribution < -0.4 is 10.4 Å². The van der Waals surface area contributed by atoms with Crippen molar-refractivity contribution in [3.8, 4) is 0 Å². The highest BCUT2D eigenvalue weighted by atomic mass is 28.4. The molecule has 2 aromatic rings. The van der Waals surface area contributed by atoms with Crippen LogP contribution in [0.1, 0.15) is 53.4 Å². The summed E-state index contributed by atoms with van der Waals surface area (Å²) in [6, 6.07) is 21.5. The molecule has 2 aromatic carbocycles. The topological polar surface area (TPSA) is 26.3 Å². The van der Waals surface area contributed by atoms with Gasteiger partial charge in [0.2, 0.25) is 0 Å². The predicted molar refractivity (Wildman–Crippen MR) is 122 cm³/mol. The number of hydrogen-bond acceptors (Lipinski definition) is 2. The van der Waals surface area contributed by atoms with E-state index in [0.29, 0.717) is 6.42 Å². The van der Waals surface area contributed by atoms with Gasteiger partial charge in [-0.05, 0) is 41.6 Å². The number of aldehydes is 1. The number of carbonyl (C=O) groups excluding carboxylic acids is 1. The predicted octanol–water partition coefficient (Wildman–Crippen LogP) is 5.27. The third kappa shape index (κ3) is 5.30. The SMILES string of the molecule is C/C=C(\CCC=O)CCCO[Si](c1ccccc1)(c1ccccc1)C(C)(C)C. The van der Waals surface area contributed by atoms with Gasteiger partial charge in [0, 0.05) is 13.0 Å². The molecule has 0 atom stereocenters. The van der Waals surface area contributed by atoms with Crippen LogP contribution in [-0.2, 0) is 9.22 Å². The summed E-state index contributed by atoms with van der Waals surface area (Å²) in [7, 11) is -2.43. The van der Waals surface area contributed by atoms with Crippen molar-refractivity contribution >= 4 is 25.0 Å². The Hall–Kier alpha value is -1.97. The van der Waals surface area contributed by atoms with Gasteiger partial charge in [-0.3, -0.25) is 0 Å². The van der Waals surface area contributed by atoms with Crippen LogP contribution >= 0.6 is 0 Å². The average Bonchev–Trinajstić information content (AvgIpc) is 2.70. The highest BCUT2D eigenvalue weighted by molar-refractivity contribution is 6.99. The van der Waals surface area contributed by atoms with Gasteiger partial charge in [-0.2, -0.15) is 0 Å². The largest absolute Gasteiger partial charge is 0.407 e. The van der Waals surface area contributed by atoms with Crippen molar-refractivity contribution in [1.29, 1.82) is 0 Å². The highest BCUT2D eigenvalue weighted by Gasteiger charge is 2.49. The molecule has 0 aliphatic rings. The standard InChI is InChI=1S/C25H34O2Si/c1-5-22(14-12-20-26)15-13-21-27-28(25(2,3)4,23-16-8-6-9-17-23)24-18-10-7-11-19-24/h5-11,16-20H,12-15,21H2,1-4H3/b22-5+. The summed E-state index contributed by atoms with van der Waals surface area (Å²) in [4.78, 5) is 10.7. The van der Waals surface area contributed by atoms with Gasteiger partial charge in [0.25, 0.3) is 8.32 Å². The quantitative estimate of drug-likeness (QED) is 0.237. The van der Waals surface area contributed by atoms with E-state index in [1.807, 2.05) is 0 Å². The second-order valence-electron chi connectivity index (χ2n) is 8.27. The Bertz CT molecular complexity index is 706. The summed E-state index contributed by atoms with van der Waals surface area (Å²) in [5.41, 5.74) is 1.35. The monoisotopic (exact) mass is 394 g/mol. The minimum atomic E-state index is -2.43. The van der Waals surface area contributed by atoms with Crippen molar-refractivity contribution in [2.24, 2.45) is 0 Å². The van der Waals surface area contributed by atoms with Gasteiger partial charge < -0.3 is 9.22 Å². The van der Waals surface area contributed by atoms with Crippen molar-refractivity contribution in [1.82, 2.24) is 0 Å². The second-order valence-corrected chi connectivity index (χ2v) is 12.6. The van der Waals surface area contributed by atoms with E-state index in [1.54, 1.807) is 0 Å². The molecule has 0 radical (unpaired) electrons. The molecule has 0 heterocycles. The van der Waals surface area contributed by atoms with Gasteiger partial charge in [0.1, 0.15) is 6.29 Å². The van der Waals surface area contributed by atoms with Crippen LogP contribution in [0, 0.1) is 0 Å². The molecule has 0 fully saturated rings. The van der Waals surface area contributed by atoms with E-state index in [0.717, 1.165) is 32.2 Å². The van der Waals surface area contributed by atoms with Crippen LogP contribution in [0.3, 0.4) is 0 Å². The minimum Gasteiger partial charge on any atom is -0.407 e. The molecule has 0 aromatic heterocycles. The van der Waals surface area contributed by atoms with E-state index in [1.165, 1.54) is 15.9 Å². The van der Waals surface area contributed by atoms with Crippen LogP contribution in [0.2, 0.25) is 5.04 Å². The molecule has 0 bridgehead atoms. The molecule has 0 saturated heterocycles. The fourth-order valence-electron chi connectivity index (χ4n) is 3.94. The van der Waals surface area contributed by atoms with E-state index in [-0.39, 0.29) is 5.04 Å². The van der Waals surface area contributed by atoms with Crippen molar-refractivity contribution in [2.75, 3.05) is 6.61 Å². The molecule has 3 heteroatoms. The summed E-state index contributed by atoms with van der Waals surface area (Å²) >= 11 is 0. The number of allylic oxidation sites excluding steroid dienone is 2. The van der Waals surface area contributed by atoms with Crippen LogP contribution in [0.25, 0.3) is 0 Å². The molecule has 0 amide bonds. The van der Waals surface area contributed by atoms with E-state index in [4.69, 9.17) is 4.43 Å². The number of rotatable bonds is 10. The normalized spacial score (nSPS) is 12.8. The first kappa shape index (κ1) is 22.3. The van der Waals surface area contributed by atoms with Crippen molar-refractivity contribution in [3.05, 3.63) is 72.3 Å². The zero-order chi connectivity index (χ0) is 20.5. The van der Waals surface area contributed by atoms with Gasteiger partial charge >= 0.3 is 0 Å². The minimum absolute atomic E-state index is 0.0106. The molecule has 0 saturated carbocycles. The van der Waals surface area contributed by atoms with E-state index in [2.05, 4.69) is 94.4 Å². The lowest BCUT2D eigenvalue weighted by Crippen LogP contribution is -2.66. The molecule has 150 valence electrons. The Morgan fingerprint density at radius 1 is 0.929 bits per heavy atom. The maximum Gasteiger partial charge on any atom is 0.261 e. The lowest BCUT2D eigenvalue weighted by atomic mass is 10.1. The van der Waals surface area contributed by atoms with Crippen LogP contribution in [0.4, 0.5) is 0 Å². The van der Waals surface area contributed by atoms with E-state index < -0.39 is 8.32 Å². The van der Waals surface area contributed by atoms with Gasteiger partial charge in [0.05, 0.1) is 0 Å². The lowest BCUT2D eigenvalue weighted by molar-refractivity contribution is -0.107. The van der Waals surface area contributed by atoms with Crippen molar-refractivity contribution < 1.29 is 9.22 Å². The molecule has 0 N–H and O–H groups in total. The Labute approximate surface area is 171 Å². The van der Waals surface area contributed by atoms with Gasteiger partial charge in [-0.1, -0.05) is 93.1 Å². The van der Waals surface area contributed by atoms with Crippen molar-refractivity contribution in [2.45, 2.75) is 58.4 Å². The highest BCUT2D eigenvalue weighted by Crippen LogP contribution is 2.36. The van der Waals surface area contributed by atoms with Gasteiger partial charge in [0.15, 0.2) is 0 Å². The third-order valence-electron chi connectivity index (χ3n) is 5.37. The molecule has 28 heavy (non-hydrogen) atoms. The molecule has 0 aliphatic heterocycles. The zero-order valence-corrected chi connectivity index (χ0v) is 18.8. The molecule has 2 nitrogen and oxygen atoms in total. The van der Waals surface area contributed by atoms with Gasteiger partial charge in [-0.15, -0.1) is 0 Å². The fraction of sp³-hybridized carbons (Fsp3) is 0.400. The smallest absolute Gasteiger partial charge is 0.261 e. The summed E-state index contributed by atoms with van der Waals surface area (Å²) in [6.07, 6.45) is 6.58. The van der Waals surface area contributed by atoms with Crippen LogP contribution in [0.15, 0.2) is 72.3 Å². The van der Waals surface area contributed by atoms with Crippen LogP contribution in [0.5, 0.6) is 0 Å². The van der Waals surface area contributed by atoms with E-state index >= 15 is 0 Å². The Morgan fingerprint density at radius 2 is 1.46 bits per heavy atom. The fourth-order valence-corrected chi connectivity index (χ4v) is 8.55. The molecular formula is C25H34O2Si. The number of benzene rings is 2. The summed E-state index contributed by atoms with van der Waals surface area (Å²) in [5.74, 6) is 0. The van der Waals surface area contributed by atoms with E-state index in [9.17, 15) is 4.79 Å². The van der Waals surface area contributed by atoms with Crippen molar-refractivity contribution in [3.63, 3.8) is 0 Å². The summed E-state index contributed by atoms with van der Waals surface area (Å²) in [5, 5.41) is 2.65. The Kier molecular flexibility index (Phi) is 8.40. The Morgan fingerprint density at radius 3 is 1.89 bits per heavy atom. The molecule has 0 spiro atoms. The maximum absolute atomic E-state index is 10.7. The maximum atomic E-state index is 10.7. The molecule has 2 rings (SSSR count). The molecule has 0 unspecified atom stereocenters. The molecule has 0 aliphatic carbocycles. The third-order valence-corrected chi connectivity index (χ3v) is 10.4. The first-order valence-electron chi connectivity index (χ1n) is 10.3. The zero-order valence-electron chi connectivity index (χ0n) is 17.8. The lowest BCUT2D eigenvalue weighted by Gasteiger charge is -2.43. The number of hydrogen-bond donors (Lipinski definition) is 0. The first-order valence-corrected chi connectivity index (χ1v) is 12.2. The Balaban J connectivity index is 2.28. The summed E-state index contributed by atoms with van der Waals surface area (Å²) < 4.78 is 6.91. The number of carbonyl (C=O) groups is 1.